The number of fused-ring (bicyclic) bond motifs is 1. The van der Waals surface area contributed by atoms with Gasteiger partial charge in [-0.05, 0) is 51.0 Å². The molecule has 0 aromatic carbocycles. The molecule has 0 radical (unpaired) electrons. The lowest BCUT2D eigenvalue weighted by atomic mass is 10.0. The van der Waals surface area contributed by atoms with Crippen molar-refractivity contribution in [1.82, 2.24) is 10.2 Å². The van der Waals surface area contributed by atoms with E-state index in [0.29, 0.717) is 11.9 Å². The fourth-order valence-electron chi connectivity index (χ4n) is 3.36. The van der Waals surface area contributed by atoms with Gasteiger partial charge in [-0.25, -0.2) is 0 Å². The summed E-state index contributed by atoms with van der Waals surface area (Å²) in [7, 11) is 1.92. The fourth-order valence-corrected chi connectivity index (χ4v) is 3.36. The van der Waals surface area contributed by atoms with Gasteiger partial charge in [0.15, 0.2) is 0 Å². The smallest absolute Gasteiger partial charge is 0.240 e. The van der Waals surface area contributed by atoms with Crippen LogP contribution in [0.25, 0.3) is 0 Å². The molecule has 94 valence electrons. The van der Waals surface area contributed by atoms with Crippen molar-refractivity contribution < 1.29 is 4.79 Å². The maximum absolute atomic E-state index is 12.5. The first-order valence-electron chi connectivity index (χ1n) is 6.94. The highest BCUT2D eigenvalue weighted by molar-refractivity contribution is 5.83. The molecule has 0 aromatic heterocycles. The lowest BCUT2D eigenvalue weighted by molar-refractivity contribution is -0.134. The Morgan fingerprint density at radius 2 is 2.24 bits per heavy atom. The number of nitrogens with one attached hydrogen (secondary N) is 1. The Morgan fingerprint density at radius 1 is 1.35 bits per heavy atom. The first-order chi connectivity index (χ1) is 8.29. The van der Waals surface area contributed by atoms with Crippen molar-refractivity contribution in [3.8, 4) is 0 Å². The monoisotopic (exact) mass is 234 g/mol. The Kier molecular flexibility index (Phi) is 2.95. The largest absolute Gasteiger partial charge is 0.335 e. The Bertz CT molecular complexity index is 339. The van der Waals surface area contributed by atoms with Gasteiger partial charge in [0.1, 0.15) is 0 Å². The zero-order valence-electron chi connectivity index (χ0n) is 10.6. The molecule has 4 unspecified atom stereocenters. The number of hydrogen-bond acceptors (Lipinski definition) is 2. The van der Waals surface area contributed by atoms with Crippen molar-refractivity contribution >= 4 is 5.91 Å². The van der Waals surface area contributed by atoms with Gasteiger partial charge in [-0.2, -0.15) is 0 Å². The Hall–Kier alpha value is -0.830. The summed E-state index contributed by atoms with van der Waals surface area (Å²) in [6.45, 7) is 0.997. The van der Waals surface area contributed by atoms with E-state index in [9.17, 15) is 4.79 Å². The minimum Gasteiger partial charge on any atom is -0.335 e. The molecular weight excluding hydrogens is 212 g/mol. The Morgan fingerprint density at radius 3 is 2.94 bits per heavy atom. The van der Waals surface area contributed by atoms with Crippen LogP contribution in [0, 0.1) is 11.8 Å². The normalized spacial score (nSPS) is 41.0. The summed E-state index contributed by atoms with van der Waals surface area (Å²) < 4.78 is 0. The van der Waals surface area contributed by atoms with Crippen LogP contribution in [0.3, 0.4) is 0 Å². The second-order valence-electron chi connectivity index (χ2n) is 5.75. The molecule has 0 spiro atoms. The molecule has 3 heteroatoms. The van der Waals surface area contributed by atoms with Crippen molar-refractivity contribution in [3.63, 3.8) is 0 Å². The molecule has 3 rings (SSSR count). The maximum atomic E-state index is 12.5. The van der Waals surface area contributed by atoms with E-state index in [1.54, 1.807) is 0 Å². The minimum atomic E-state index is 0.0582. The van der Waals surface area contributed by atoms with Crippen LogP contribution in [-0.2, 0) is 4.79 Å². The molecule has 17 heavy (non-hydrogen) atoms. The molecule has 0 bridgehead atoms. The molecule has 1 heterocycles. The number of rotatable bonds is 2. The van der Waals surface area contributed by atoms with Crippen LogP contribution < -0.4 is 5.32 Å². The summed E-state index contributed by atoms with van der Waals surface area (Å²) >= 11 is 0. The van der Waals surface area contributed by atoms with Gasteiger partial charge in [-0.15, -0.1) is 0 Å². The van der Waals surface area contributed by atoms with Gasteiger partial charge in [-0.1, -0.05) is 12.2 Å². The van der Waals surface area contributed by atoms with Crippen molar-refractivity contribution in [2.45, 2.75) is 44.2 Å². The summed E-state index contributed by atoms with van der Waals surface area (Å²) in [6.07, 6.45) is 10.4. The third kappa shape index (κ3) is 2.13. The molecule has 1 aliphatic heterocycles. The highest BCUT2D eigenvalue weighted by Crippen LogP contribution is 2.45. The third-order valence-electron chi connectivity index (χ3n) is 4.60. The van der Waals surface area contributed by atoms with Crippen LogP contribution in [0.4, 0.5) is 0 Å². The molecule has 2 aliphatic carbocycles. The van der Waals surface area contributed by atoms with Gasteiger partial charge >= 0.3 is 0 Å². The quantitative estimate of drug-likeness (QED) is 0.735. The number of nitrogens with zero attached hydrogens (tertiary/aromatic N) is 1. The average molecular weight is 234 g/mol. The lowest BCUT2D eigenvalue weighted by Gasteiger charge is -2.33. The van der Waals surface area contributed by atoms with Gasteiger partial charge < -0.3 is 10.2 Å². The van der Waals surface area contributed by atoms with E-state index < -0.39 is 0 Å². The standard InChI is InChI=1S/C14H22N2O/c1-15-13-8-10-7-11(10)9-16(14(13)17)12-5-3-2-4-6-12/h3,5,10-13,15H,2,4,6-9H2,1H3. The number of carbonyl (C=O) groups excluding carboxylic acids is 1. The van der Waals surface area contributed by atoms with E-state index in [4.69, 9.17) is 0 Å². The molecule has 3 aliphatic rings. The van der Waals surface area contributed by atoms with E-state index in [1.807, 2.05) is 7.05 Å². The van der Waals surface area contributed by atoms with Crippen LogP contribution >= 0.6 is 0 Å². The number of hydrogen-bond donors (Lipinski definition) is 1. The van der Waals surface area contributed by atoms with Gasteiger partial charge in [0.05, 0.1) is 12.1 Å². The first-order valence-corrected chi connectivity index (χ1v) is 6.94. The predicted molar refractivity (Wildman–Crippen MR) is 67.6 cm³/mol. The van der Waals surface area contributed by atoms with E-state index in [0.717, 1.165) is 31.2 Å². The van der Waals surface area contributed by atoms with Crippen LogP contribution in [-0.4, -0.2) is 36.5 Å². The van der Waals surface area contributed by atoms with Gasteiger partial charge in [0, 0.05) is 6.54 Å². The van der Waals surface area contributed by atoms with Gasteiger partial charge in [-0.3, -0.25) is 4.79 Å². The second-order valence-corrected chi connectivity index (χ2v) is 5.75. The van der Waals surface area contributed by atoms with Crippen molar-refractivity contribution in [2.75, 3.05) is 13.6 Å². The number of carbonyl (C=O) groups is 1. The molecule has 4 atom stereocenters. The van der Waals surface area contributed by atoms with Crippen molar-refractivity contribution in [2.24, 2.45) is 11.8 Å². The maximum Gasteiger partial charge on any atom is 0.240 e. The Balaban J connectivity index is 1.78. The lowest BCUT2D eigenvalue weighted by Crippen LogP contribution is -2.49. The number of allylic oxidation sites excluding steroid dienone is 1. The topological polar surface area (TPSA) is 32.3 Å². The molecule has 2 fully saturated rings. The third-order valence-corrected chi connectivity index (χ3v) is 4.60. The van der Waals surface area contributed by atoms with E-state index in [2.05, 4.69) is 22.4 Å². The number of likely N-dealkylation sites (N-methyl/N-ethyl adjacent to an activating group) is 1. The molecule has 0 aromatic rings. The van der Waals surface area contributed by atoms with Crippen LogP contribution in [0.1, 0.15) is 32.1 Å². The molecule has 3 nitrogen and oxygen atoms in total. The second kappa shape index (κ2) is 4.45. The molecule has 1 saturated carbocycles. The molecule has 1 saturated heterocycles. The van der Waals surface area contributed by atoms with Crippen LogP contribution in [0.5, 0.6) is 0 Å². The summed E-state index contributed by atoms with van der Waals surface area (Å²) in [5.74, 6) is 1.91. The number of likely N-dealkylation sites (tertiary alicyclic amines) is 1. The summed E-state index contributed by atoms with van der Waals surface area (Å²) in [4.78, 5) is 14.6. The fraction of sp³-hybridized carbons (Fsp3) is 0.786. The summed E-state index contributed by atoms with van der Waals surface area (Å²) in [5.41, 5.74) is 0. The highest BCUT2D eigenvalue weighted by Gasteiger charge is 2.46. The van der Waals surface area contributed by atoms with Crippen molar-refractivity contribution in [1.29, 1.82) is 0 Å². The summed E-state index contributed by atoms with van der Waals surface area (Å²) in [5, 5.41) is 3.20. The Labute approximate surface area is 103 Å². The number of amides is 1. The van der Waals surface area contributed by atoms with Gasteiger partial charge in [0.2, 0.25) is 5.91 Å². The zero-order chi connectivity index (χ0) is 11.8. The van der Waals surface area contributed by atoms with E-state index in [-0.39, 0.29) is 6.04 Å². The van der Waals surface area contributed by atoms with Crippen LogP contribution in [0.2, 0.25) is 0 Å². The minimum absolute atomic E-state index is 0.0582. The van der Waals surface area contributed by atoms with Gasteiger partial charge in [0.25, 0.3) is 0 Å². The van der Waals surface area contributed by atoms with Crippen LogP contribution in [0.15, 0.2) is 12.2 Å². The molecule has 1 N–H and O–H groups in total. The predicted octanol–water partition coefficient (Wildman–Crippen LogP) is 1.55. The highest BCUT2D eigenvalue weighted by atomic mass is 16.2. The van der Waals surface area contributed by atoms with E-state index in [1.165, 1.54) is 19.3 Å². The first kappa shape index (κ1) is 11.3. The van der Waals surface area contributed by atoms with Crippen molar-refractivity contribution in [3.05, 3.63) is 12.2 Å². The molecule has 1 amide bonds. The average Bonchev–Trinajstić information content (AvgIpc) is 3.11. The summed E-state index contributed by atoms with van der Waals surface area (Å²) in [6, 6.07) is 0.425. The SMILES string of the molecule is CNC1CC2CC2CN(C2C=CCCC2)C1=O. The zero-order valence-corrected chi connectivity index (χ0v) is 10.6. The molecular formula is C14H22N2O. The van der Waals surface area contributed by atoms with E-state index >= 15 is 0 Å².